The van der Waals surface area contributed by atoms with Gasteiger partial charge in [-0.2, -0.15) is 0 Å². The largest absolute Gasteiger partial charge is 0.391 e. The standard InChI is InChI=1S/C19H20N4O2/c24-18-12-23(11-15(18)9-16-10-20-6-7-21-16)19(25)13-22-8-5-14-3-1-2-4-17(14)22/h1-8,10,15,18,24H,9,11-13H2/t15-,18-/m1/s1. The Morgan fingerprint density at radius 2 is 2.08 bits per heavy atom. The summed E-state index contributed by atoms with van der Waals surface area (Å²) in [5, 5.41) is 11.4. The SMILES string of the molecule is O=C(Cn1ccc2ccccc21)N1C[C@@H](Cc2cnccn2)[C@H](O)C1. The first-order valence-corrected chi connectivity index (χ1v) is 8.45. The fourth-order valence-electron chi connectivity index (χ4n) is 3.49. The van der Waals surface area contributed by atoms with Gasteiger partial charge in [0.25, 0.3) is 0 Å². The molecule has 1 aliphatic heterocycles. The molecule has 3 aromatic rings. The summed E-state index contributed by atoms with van der Waals surface area (Å²) in [7, 11) is 0. The number of carbonyl (C=O) groups excluding carboxylic acids is 1. The number of hydrogen-bond donors (Lipinski definition) is 1. The molecule has 0 radical (unpaired) electrons. The number of amides is 1. The molecule has 25 heavy (non-hydrogen) atoms. The fourth-order valence-corrected chi connectivity index (χ4v) is 3.49. The fraction of sp³-hybridized carbons (Fsp3) is 0.316. The average Bonchev–Trinajstić information content (AvgIpc) is 3.20. The molecule has 4 rings (SSSR count). The summed E-state index contributed by atoms with van der Waals surface area (Å²) in [6.07, 6.45) is 7.04. The van der Waals surface area contributed by atoms with E-state index in [1.165, 1.54) is 0 Å². The maximum Gasteiger partial charge on any atom is 0.242 e. The number of likely N-dealkylation sites (tertiary alicyclic amines) is 1. The number of aliphatic hydroxyl groups excluding tert-OH is 1. The number of rotatable bonds is 4. The molecule has 0 aliphatic carbocycles. The van der Waals surface area contributed by atoms with Gasteiger partial charge in [-0.25, -0.2) is 0 Å². The van der Waals surface area contributed by atoms with Gasteiger partial charge in [0, 0.05) is 49.3 Å². The van der Waals surface area contributed by atoms with Crippen LogP contribution in [0, 0.1) is 5.92 Å². The van der Waals surface area contributed by atoms with Crippen LogP contribution in [-0.4, -0.2) is 49.6 Å². The molecule has 1 N–H and O–H groups in total. The van der Waals surface area contributed by atoms with E-state index in [2.05, 4.69) is 9.97 Å². The van der Waals surface area contributed by atoms with Crippen molar-refractivity contribution in [2.24, 2.45) is 5.92 Å². The van der Waals surface area contributed by atoms with Crippen molar-refractivity contribution in [3.05, 3.63) is 60.8 Å². The second-order valence-electron chi connectivity index (χ2n) is 6.53. The van der Waals surface area contributed by atoms with Crippen molar-refractivity contribution >= 4 is 16.8 Å². The first kappa shape index (κ1) is 15.8. The van der Waals surface area contributed by atoms with E-state index in [0.29, 0.717) is 19.5 Å². The Hall–Kier alpha value is -2.73. The Labute approximate surface area is 145 Å². The molecule has 6 nitrogen and oxygen atoms in total. The third kappa shape index (κ3) is 3.25. The molecule has 1 fully saturated rings. The summed E-state index contributed by atoms with van der Waals surface area (Å²) in [4.78, 5) is 22.7. The minimum absolute atomic E-state index is 0.00190. The first-order valence-electron chi connectivity index (χ1n) is 8.45. The van der Waals surface area contributed by atoms with Crippen LogP contribution in [0.25, 0.3) is 10.9 Å². The van der Waals surface area contributed by atoms with Gasteiger partial charge in [-0.05, 0) is 23.9 Å². The van der Waals surface area contributed by atoms with Crippen molar-refractivity contribution in [2.75, 3.05) is 13.1 Å². The Balaban J connectivity index is 1.43. The number of aromatic nitrogens is 3. The molecular weight excluding hydrogens is 316 g/mol. The van der Waals surface area contributed by atoms with Gasteiger partial charge in [-0.15, -0.1) is 0 Å². The summed E-state index contributed by atoms with van der Waals surface area (Å²) in [5.74, 6) is 0.0316. The molecule has 1 aromatic carbocycles. The quantitative estimate of drug-likeness (QED) is 0.784. The van der Waals surface area contributed by atoms with E-state index in [9.17, 15) is 9.90 Å². The maximum atomic E-state index is 12.7. The van der Waals surface area contributed by atoms with Gasteiger partial charge >= 0.3 is 0 Å². The van der Waals surface area contributed by atoms with Crippen molar-refractivity contribution in [2.45, 2.75) is 19.1 Å². The molecule has 128 valence electrons. The molecule has 3 heterocycles. The third-order valence-corrected chi connectivity index (χ3v) is 4.83. The molecule has 0 bridgehead atoms. The molecule has 2 atom stereocenters. The zero-order chi connectivity index (χ0) is 17.2. The van der Waals surface area contributed by atoms with Crippen LogP contribution < -0.4 is 0 Å². The average molecular weight is 336 g/mol. The van der Waals surface area contributed by atoms with E-state index in [0.717, 1.165) is 16.6 Å². The predicted molar refractivity (Wildman–Crippen MR) is 93.8 cm³/mol. The molecule has 0 unspecified atom stereocenters. The van der Waals surface area contributed by atoms with Crippen LogP contribution in [0.3, 0.4) is 0 Å². The lowest BCUT2D eigenvalue weighted by Crippen LogP contribution is -2.32. The Morgan fingerprint density at radius 1 is 1.20 bits per heavy atom. The molecule has 0 spiro atoms. The number of nitrogens with zero attached hydrogens (tertiary/aromatic N) is 4. The van der Waals surface area contributed by atoms with Gasteiger partial charge in [-0.3, -0.25) is 14.8 Å². The number of para-hydroxylation sites is 1. The normalized spacial score (nSPS) is 20.3. The molecule has 0 saturated carbocycles. The van der Waals surface area contributed by atoms with Crippen LogP contribution in [-0.2, 0) is 17.8 Å². The highest BCUT2D eigenvalue weighted by molar-refractivity contribution is 5.83. The lowest BCUT2D eigenvalue weighted by Gasteiger charge is -2.17. The van der Waals surface area contributed by atoms with E-state index >= 15 is 0 Å². The van der Waals surface area contributed by atoms with E-state index in [4.69, 9.17) is 0 Å². The highest BCUT2D eigenvalue weighted by Gasteiger charge is 2.34. The van der Waals surface area contributed by atoms with Crippen molar-refractivity contribution in [1.29, 1.82) is 0 Å². The van der Waals surface area contributed by atoms with E-state index in [-0.39, 0.29) is 18.4 Å². The maximum absolute atomic E-state index is 12.7. The van der Waals surface area contributed by atoms with Crippen LogP contribution in [0.5, 0.6) is 0 Å². The monoisotopic (exact) mass is 336 g/mol. The van der Waals surface area contributed by atoms with E-state index in [1.54, 1.807) is 23.5 Å². The van der Waals surface area contributed by atoms with Crippen molar-refractivity contribution in [3.63, 3.8) is 0 Å². The summed E-state index contributed by atoms with van der Waals surface area (Å²) in [6.45, 7) is 1.22. The zero-order valence-electron chi connectivity index (χ0n) is 13.8. The predicted octanol–water partition coefficient (Wildman–Crippen LogP) is 1.49. The summed E-state index contributed by atoms with van der Waals surface area (Å²) >= 11 is 0. The molecular formula is C19H20N4O2. The lowest BCUT2D eigenvalue weighted by atomic mass is 10.0. The first-order chi connectivity index (χ1) is 12.2. The van der Waals surface area contributed by atoms with Gasteiger partial charge in [0.1, 0.15) is 6.54 Å². The molecule has 1 saturated heterocycles. The zero-order valence-corrected chi connectivity index (χ0v) is 13.8. The Kier molecular flexibility index (Phi) is 4.19. The minimum Gasteiger partial charge on any atom is -0.391 e. The highest BCUT2D eigenvalue weighted by Crippen LogP contribution is 2.22. The van der Waals surface area contributed by atoms with Crippen LogP contribution in [0.2, 0.25) is 0 Å². The van der Waals surface area contributed by atoms with E-state index in [1.807, 2.05) is 41.1 Å². The number of benzene rings is 1. The smallest absolute Gasteiger partial charge is 0.242 e. The van der Waals surface area contributed by atoms with Gasteiger partial charge in [0.05, 0.1) is 11.8 Å². The van der Waals surface area contributed by atoms with Crippen LogP contribution in [0.4, 0.5) is 0 Å². The number of carbonyl (C=O) groups is 1. The van der Waals surface area contributed by atoms with Crippen LogP contribution in [0.1, 0.15) is 5.69 Å². The van der Waals surface area contributed by atoms with Crippen molar-refractivity contribution in [1.82, 2.24) is 19.4 Å². The molecule has 1 amide bonds. The second kappa shape index (κ2) is 6.64. The molecule has 2 aromatic heterocycles. The lowest BCUT2D eigenvalue weighted by molar-refractivity contribution is -0.131. The topological polar surface area (TPSA) is 71.2 Å². The van der Waals surface area contributed by atoms with E-state index < -0.39 is 6.10 Å². The number of aliphatic hydroxyl groups is 1. The number of β-amino-alcohol motifs (C(OH)–C–C–N with tert-alkyl or cyclic N) is 1. The summed E-state index contributed by atoms with van der Waals surface area (Å²) < 4.78 is 1.96. The van der Waals surface area contributed by atoms with Gasteiger partial charge < -0.3 is 14.6 Å². The van der Waals surface area contributed by atoms with Gasteiger partial charge in [0.15, 0.2) is 0 Å². The summed E-state index contributed by atoms with van der Waals surface area (Å²) in [5.41, 5.74) is 1.89. The van der Waals surface area contributed by atoms with Crippen LogP contribution in [0.15, 0.2) is 55.1 Å². The summed E-state index contributed by atoms with van der Waals surface area (Å²) in [6, 6.07) is 10.0. The van der Waals surface area contributed by atoms with Gasteiger partial charge in [-0.1, -0.05) is 18.2 Å². The van der Waals surface area contributed by atoms with Crippen molar-refractivity contribution in [3.8, 4) is 0 Å². The highest BCUT2D eigenvalue weighted by atomic mass is 16.3. The number of fused-ring (bicyclic) bond motifs is 1. The second-order valence-corrected chi connectivity index (χ2v) is 6.53. The molecule has 1 aliphatic rings. The molecule has 6 heteroatoms. The van der Waals surface area contributed by atoms with Gasteiger partial charge in [0.2, 0.25) is 5.91 Å². The Morgan fingerprint density at radius 3 is 2.92 bits per heavy atom. The van der Waals surface area contributed by atoms with Crippen molar-refractivity contribution < 1.29 is 9.90 Å². The minimum atomic E-state index is -0.521. The number of hydrogen-bond acceptors (Lipinski definition) is 4. The third-order valence-electron chi connectivity index (χ3n) is 4.83. The Bertz CT molecular complexity index is 877. The van der Waals surface area contributed by atoms with Crippen LogP contribution >= 0.6 is 0 Å².